The predicted octanol–water partition coefficient (Wildman–Crippen LogP) is 3.65. The van der Waals surface area contributed by atoms with Crippen LogP contribution in [0.4, 0.5) is 5.82 Å². The summed E-state index contributed by atoms with van der Waals surface area (Å²) in [5, 5.41) is 0. The maximum atomic E-state index is 13.2. The number of hydrogen-bond donors (Lipinski definition) is 1. The number of aromatic nitrogens is 2. The van der Waals surface area contributed by atoms with Gasteiger partial charge < -0.3 is 4.98 Å². The van der Waals surface area contributed by atoms with Gasteiger partial charge in [0, 0.05) is 13.0 Å². The van der Waals surface area contributed by atoms with Crippen LogP contribution in [0.5, 0.6) is 0 Å². The Labute approximate surface area is 176 Å². The zero-order valence-electron chi connectivity index (χ0n) is 17.1. The molecule has 1 aromatic heterocycles. The van der Waals surface area contributed by atoms with Crippen molar-refractivity contribution in [2.45, 2.75) is 32.2 Å². The van der Waals surface area contributed by atoms with E-state index >= 15 is 0 Å². The van der Waals surface area contributed by atoms with E-state index in [0.29, 0.717) is 24.5 Å². The lowest BCUT2D eigenvalue weighted by molar-refractivity contribution is 0.0835. The molecule has 2 aliphatic rings. The normalized spacial score (nSPS) is 17.7. The van der Waals surface area contributed by atoms with Gasteiger partial charge in [-0.2, -0.15) is 0 Å². The van der Waals surface area contributed by atoms with Gasteiger partial charge in [-0.1, -0.05) is 67.6 Å². The number of aromatic amines is 1. The maximum absolute atomic E-state index is 13.2. The van der Waals surface area contributed by atoms with Gasteiger partial charge in [0.05, 0.1) is 12.6 Å². The van der Waals surface area contributed by atoms with E-state index < -0.39 is 0 Å². The maximum Gasteiger partial charge on any atom is 0.280 e. The van der Waals surface area contributed by atoms with Crippen molar-refractivity contribution in [1.29, 1.82) is 0 Å². The van der Waals surface area contributed by atoms with Crippen molar-refractivity contribution in [3.63, 3.8) is 0 Å². The first-order valence-electron chi connectivity index (χ1n) is 10.6. The molecule has 3 aromatic rings. The SMILES string of the molecule is CCCN1C(=O)c2[nH]c(Cc3ccccc3)nc2N2C[C@@H](Cc3ccccc3)N=C12. The van der Waals surface area contributed by atoms with Gasteiger partial charge in [-0.25, -0.2) is 9.98 Å². The lowest BCUT2D eigenvalue weighted by Gasteiger charge is -2.32. The summed E-state index contributed by atoms with van der Waals surface area (Å²) < 4.78 is 0. The van der Waals surface area contributed by atoms with Gasteiger partial charge in [0.15, 0.2) is 5.82 Å². The number of amides is 1. The quantitative estimate of drug-likeness (QED) is 0.688. The van der Waals surface area contributed by atoms with E-state index in [2.05, 4.69) is 53.2 Å². The van der Waals surface area contributed by atoms with Crippen LogP contribution in [0.25, 0.3) is 0 Å². The third-order valence-electron chi connectivity index (χ3n) is 5.60. The molecule has 0 bridgehead atoms. The fraction of sp³-hybridized carbons (Fsp3) is 0.292. The van der Waals surface area contributed by atoms with Gasteiger partial charge in [0.25, 0.3) is 5.91 Å². The molecule has 1 N–H and O–H groups in total. The number of nitrogens with one attached hydrogen (secondary N) is 1. The number of anilines is 1. The van der Waals surface area contributed by atoms with E-state index in [1.165, 1.54) is 11.1 Å². The zero-order valence-corrected chi connectivity index (χ0v) is 17.1. The molecule has 0 aliphatic carbocycles. The Morgan fingerprint density at radius 2 is 1.73 bits per heavy atom. The molecule has 3 heterocycles. The van der Waals surface area contributed by atoms with Gasteiger partial charge in [-0.15, -0.1) is 0 Å². The molecule has 0 saturated heterocycles. The monoisotopic (exact) mass is 399 g/mol. The summed E-state index contributed by atoms with van der Waals surface area (Å²) in [6.45, 7) is 3.47. The predicted molar refractivity (Wildman–Crippen MR) is 118 cm³/mol. The Morgan fingerprint density at radius 1 is 1.03 bits per heavy atom. The number of aliphatic imine (C=N–C) groups is 1. The molecule has 6 heteroatoms. The second-order valence-electron chi connectivity index (χ2n) is 7.88. The summed E-state index contributed by atoms with van der Waals surface area (Å²) in [5.41, 5.74) is 3.00. The topological polar surface area (TPSA) is 64.6 Å². The first-order chi connectivity index (χ1) is 14.7. The first kappa shape index (κ1) is 18.6. The number of carbonyl (C=O) groups is 1. The number of imidazole rings is 1. The molecule has 1 amide bonds. The minimum atomic E-state index is -0.0333. The van der Waals surface area contributed by atoms with E-state index in [1.807, 2.05) is 24.3 Å². The third kappa shape index (κ3) is 3.38. The number of guanidine groups is 1. The largest absolute Gasteiger partial charge is 0.336 e. The van der Waals surface area contributed by atoms with Crippen LogP contribution < -0.4 is 4.90 Å². The van der Waals surface area contributed by atoms with E-state index in [-0.39, 0.29) is 11.9 Å². The van der Waals surface area contributed by atoms with Crippen molar-refractivity contribution in [2.24, 2.45) is 4.99 Å². The summed E-state index contributed by atoms with van der Waals surface area (Å²) in [5.74, 6) is 2.23. The number of fused-ring (bicyclic) bond motifs is 3. The number of hydrogen-bond acceptors (Lipinski definition) is 4. The highest BCUT2D eigenvalue weighted by atomic mass is 16.2. The van der Waals surface area contributed by atoms with Gasteiger partial charge in [-0.05, 0) is 24.0 Å². The van der Waals surface area contributed by atoms with Crippen LogP contribution in [0.1, 0.15) is 40.8 Å². The Hall–Kier alpha value is -3.41. The van der Waals surface area contributed by atoms with Crippen molar-refractivity contribution < 1.29 is 4.79 Å². The van der Waals surface area contributed by atoms with E-state index in [9.17, 15) is 4.79 Å². The highest BCUT2D eigenvalue weighted by Crippen LogP contribution is 2.31. The van der Waals surface area contributed by atoms with Crippen LogP contribution in [-0.4, -0.2) is 45.9 Å². The van der Waals surface area contributed by atoms with Gasteiger partial charge in [0.2, 0.25) is 5.96 Å². The molecule has 30 heavy (non-hydrogen) atoms. The third-order valence-corrected chi connectivity index (χ3v) is 5.60. The number of benzene rings is 2. The average Bonchev–Trinajstić information content (AvgIpc) is 3.37. The molecule has 0 fully saturated rings. The van der Waals surface area contributed by atoms with Gasteiger partial charge in [-0.3, -0.25) is 14.6 Å². The van der Waals surface area contributed by atoms with Crippen LogP contribution in [0, 0.1) is 0 Å². The van der Waals surface area contributed by atoms with Crippen LogP contribution in [0.2, 0.25) is 0 Å². The molecule has 2 aliphatic heterocycles. The number of H-pyrrole nitrogens is 1. The minimum Gasteiger partial charge on any atom is -0.336 e. The molecule has 0 saturated carbocycles. The number of rotatable bonds is 6. The minimum absolute atomic E-state index is 0.0333. The molecular weight excluding hydrogens is 374 g/mol. The molecule has 5 rings (SSSR count). The Morgan fingerprint density at radius 3 is 2.43 bits per heavy atom. The standard InChI is InChI=1S/C24H25N5O/c1-2-13-28-23(30)21-22(27-20(26-21)15-18-11-7-4-8-12-18)29-16-19(25-24(28)29)14-17-9-5-3-6-10-17/h3-12,19H,2,13-16H2,1H3,(H,26,27)/t19-/m1/s1. The lowest BCUT2D eigenvalue weighted by atomic mass is 10.1. The Bertz CT molecular complexity index is 1070. The van der Waals surface area contributed by atoms with Crippen LogP contribution in [0.3, 0.4) is 0 Å². The van der Waals surface area contributed by atoms with Crippen molar-refractivity contribution in [3.8, 4) is 0 Å². The summed E-state index contributed by atoms with van der Waals surface area (Å²) in [6.07, 6.45) is 2.40. The van der Waals surface area contributed by atoms with Crippen molar-refractivity contribution in [3.05, 3.63) is 83.3 Å². The fourth-order valence-electron chi connectivity index (χ4n) is 4.24. The highest BCUT2D eigenvalue weighted by molar-refractivity contribution is 6.17. The van der Waals surface area contributed by atoms with Crippen LogP contribution in [0.15, 0.2) is 65.7 Å². The summed E-state index contributed by atoms with van der Waals surface area (Å²) in [7, 11) is 0. The highest BCUT2D eigenvalue weighted by Gasteiger charge is 2.42. The molecule has 6 nitrogen and oxygen atoms in total. The van der Waals surface area contributed by atoms with Crippen molar-refractivity contribution >= 4 is 17.7 Å². The van der Waals surface area contributed by atoms with E-state index in [4.69, 9.17) is 9.98 Å². The number of nitrogens with zero attached hydrogens (tertiary/aromatic N) is 4. The molecule has 1 atom stereocenters. The average molecular weight is 399 g/mol. The second-order valence-corrected chi connectivity index (χ2v) is 7.88. The van der Waals surface area contributed by atoms with Crippen LogP contribution >= 0.6 is 0 Å². The molecular formula is C24H25N5O. The van der Waals surface area contributed by atoms with Crippen molar-refractivity contribution in [1.82, 2.24) is 14.9 Å². The smallest absolute Gasteiger partial charge is 0.280 e. The summed E-state index contributed by atoms with van der Waals surface area (Å²) in [6, 6.07) is 20.7. The summed E-state index contributed by atoms with van der Waals surface area (Å²) >= 11 is 0. The Balaban J connectivity index is 1.46. The number of carbonyl (C=O) groups excluding carboxylic acids is 1. The fourth-order valence-corrected chi connectivity index (χ4v) is 4.24. The molecule has 0 spiro atoms. The van der Waals surface area contributed by atoms with E-state index in [0.717, 1.165) is 31.2 Å². The molecule has 0 unspecified atom stereocenters. The summed E-state index contributed by atoms with van der Waals surface area (Å²) in [4.78, 5) is 30.2. The molecule has 0 radical (unpaired) electrons. The second kappa shape index (κ2) is 7.78. The molecule has 152 valence electrons. The van der Waals surface area contributed by atoms with Gasteiger partial charge in [0.1, 0.15) is 11.5 Å². The van der Waals surface area contributed by atoms with Gasteiger partial charge >= 0.3 is 0 Å². The van der Waals surface area contributed by atoms with Crippen molar-refractivity contribution in [2.75, 3.05) is 18.0 Å². The zero-order chi connectivity index (χ0) is 20.5. The first-order valence-corrected chi connectivity index (χ1v) is 10.6. The molecule has 2 aromatic carbocycles. The Kier molecular flexibility index (Phi) is 4.83. The van der Waals surface area contributed by atoms with Crippen LogP contribution in [-0.2, 0) is 12.8 Å². The lowest BCUT2D eigenvalue weighted by Crippen LogP contribution is -2.50. The van der Waals surface area contributed by atoms with E-state index in [1.54, 1.807) is 4.90 Å².